The predicted octanol–water partition coefficient (Wildman–Crippen LogP) is 5.29. The highest BCUT2D eigenvalue weighted by atomic mass is 32.2. The fraction of sp³-hybridized carbons (Fsp3) is 0.160. The van der Waals surface area contributed by atoms with Gasteiger partial charge in [0.25, 0.3) is 0 Å². The SMILES string of the molecule is COc1ccc(-c2nnc(SCC(=O)Nc3c(C)cccc3C)n2-c2ccccc2)cc1. The molecule has 4 aromatic rings. The lowest BCUT2D eigenvalue weighted by Gasteiger charge is -2.12. The van der Waals surface area contributed by atoms with E-state index in [4.69, 9.17) is 4.74 Å². The molecule has 4 rings (SSSR count). The fourth-order valence-corrected chi connectivity index (χ4v) is 4.17. The largest absolute Gasteiger partial charge is 0.497 e. The van der Waals surface area contributed by atoms with Gasteiger partial charge in [0, 0.05) is 16.9 Å². The van der Waals surface area contributed by atoms with E-state index in [0.717, 1.165) is 33.8 Å². The Morgan fingerprint density at radius 2 is 1.62 bits per heavy atom. The molecule has 1 heterocycles. The highest BCUT2D eigenvalue weighted by Gasteiger charge is 2.18. The lowest BCUT2D eigenvalue weighted by molar-refractivity contribution is -0.113. The van der Waals surface area contributed by atoms with Crippen LogP contribution in [-0.4, -0.2) is 33.5 Å². The quantitative estimate of drug-likeness (QED) is 0.392. The molecule has 1 N–H and O–H groups in total. The molecule has 6 nitrogen and oxygen atoms in total. The molecule has 0 aliphatic heterocycles. The number of methoxy groups -OCH3 is 1. The van der Waals surface area contributed by atoms with Gasteiger partial charge in [-0.3, -0.25) is 9.36 Å². The van der Waals surface area contributed by atoms with Crippen LogP contribution in [-0.2, 0) is 4.79 Å². The normalized spacial score (nSPS) is 10.7. The van der Waals surface area contributed by atoms with Crippen LogP contribution in [0.25, 0.3) is 17.1 Å². The van der Waals surface area contributed by atoms with E-state index in [1.165, 1.54) is 11.8 Å². The first-order valence-corrected chi connectivity index (χ1v) is 11.2. The summed E-state index contributed by atoms with van der Waals surface area (Å²) < 4.78 is 7.24. The molecule has 162 valence electrons. The molecule has 0 fully saturated rings. The molecular weight excluding hydrogens is 420 g/mol. The number of thioether (sulfide) groups is 1. The molecule has 0 bridgehead atoms. The molecule has 0 radical (unpaired) electrons. The van der Waals surface area contributed by atoms with Gasteiger partial charge in [0.15, 0.2) is 11.0 Å². The summed E-state index contributed by atoms with van der Waals surface area (Å²) in [6, 6.07) is 23.5. The number of nitrogens with zero attached hydrogens (tertiary/aromatic N) is 3. The van der Waals surface area contributed by atoms with Gasteiger partial charge >= 0.3 is 0 Å². The maximum absolute atomic E-state index is 12.7. The van der Waals surface area contributed by atoms with Crippen LogP contribution in [0.1, 0.15) is 11.1 Å². The van der Waals surface area contributed by atoms with E-state index in [-0.39, 0.29) is 11.7 Å². The highest BCUT2D eigenvalue weighted by Crippen LogP contribution is 2.29. The number of benzene rings is 3. The number of hydrogen-bond donors (Lipinski definition) is 1. The number of carbonyl (C=O) groups is 1. The minimum atomic E-state index is -0.0824. The standard InChI is InChI=1S/C25H24N4O2S/c1-17-8-7-9-18(2)23(17)26-22(30)16-32-25-28-27-24(19-12-14-21(31-3)15-13-19)29(25)20-10-5-4-6-11-20/h4-15H,16H2,1-3H3,(H,26,30). The van der Waals surface area contributed by atoms with Crippen LogP contribution in [0.4, 0.5) is 5.69 Å². The second-order valence-corrected chi connectivity index (χ2v) is 8.25. The Morgan fingerprint density at radius 3 is 2.28 bits per heavy atom. The predicted molar refractivity (Wildman–Crippen MR) is 129 cm³/mol. The van der Waals surface area contributed by atoms with E-state index >= 15 is 0 Å². The van der Waals surface area contributed by atoms with Crippen molar-refractivity contribution >= 4 is 23.4 Å². The Labute approximate surface area is 191 Å². The number of rotatable bonds is 7. The summed E-state index contributed by atoms with van der Waals surface area (Å²) >= 11 is 1.36. The van der Waals surface area contributed by atoms with Crippen LogP contribution in [0.2, 0.25) is 0 Å². The lowest BCUT2D eigenvalue weighted by atomic mass is 10.1. The van der Waals surface area contributed by atoms with E-state index < -0.39 is 0 Å². The number of hydrogen-bond acceptors (Lipinski definition) is 5. The molecule has 32 heavy (non-hydrogen) atoms. The third kappa shape index (κ3) is 4.68. The second kappa shape index (κ2) is 9.70. The van der Waals surface area contributed by atoms with Crippen molar-refractivity contribution in [1.82, 2.24) is 14.8 Å². The minimum absolute atomic E-state index is 0.0824. The average Bonchev–Trinajstić information content (AvgIpc) is 3.25. The van der Waals surface area contributed by atoms with Gasteiger partial charge in [0.2, 0.25) is 5.91 Å². The number of amides is 1. The maximum atomic E-state index is 12.7. The Kier molecular flexibility index (Phi) is 6.56. The molecule has 0 saturated heterocycles. The molecular formula is C25H24N4O2S. The van der Waals surface area contributed by atoms with Gasteiger partial charge in [0.1, 0.15) is 5.75 Å². The highest BCUT2D eigenvalue weighted by molar-refractivity contribution is 7.99. The number of ether oxygens (including phenoxy) is 1. The maximum Gasteiger partial charge on any atom is 0.234 e. The number of aromatic nitrogens is 3. The molecule has 0 aliphatic rings. The van der Waals surface area contributed by atoms with Crippen molar-refractivity contribution in [1.29, 1.82) is 0 Å². The zero-order chi connectivity index (χ0) is 22.5. The Balaban J connectivity index is 1.60. The van der Waals surface area contributed by atoms with E-state index in [2.05, 4.69) is 15.5 Å². The second-order valence-electron chi connectivity index (χ2n) is 7.31. The van der Waals surface area contributed by atoms with Crippen molar-refractivity contribution in [3.05, 3.63) is 83.9 Å². The smallest absolute Gasteiger partial charge is 0.234 e. The average molecular weight is 445 g/mol. The summed E-state index contributed by atoms with van der Waals surface area (Å²) in [4.78, 5) is 12.7. The number of aryl methyl sites for hydroxylation is 2. The van der Waals surface area contributed by atoms with Gasteiger partial charge in [-0.05, 0) is 61.4 Å². The van der Waals surface area contributed by atoms with Gasteiger partial charge < -0.3 is 10.1 Å². The molecule has 0 saturated carbocycles. The van der Waals surface area contributed by atoms with Crippen LogP contribution in [0.5, 0.6) is 5.75 Å². The Bertz CT molecular complexity index is 1200. The molecule has 0 spiro atoms. The summed E-state index contributed by atoms with van der Waals surface area (Å²) in [5.74, 6) is 1.62. The summed E-state index contributed by atoms with van der Waals surface area (Å²) in [6.07, 6.45) is 0. The third-order valence-electron chi connectivity index (χ3n) is 5.07. The van der Waals surface area contributed by atoms with E-state index in [0.29, 0.717) is 11.0 Å². The number of anilines is 1. The van der Waals surface area contributed by atoms with Crippen LogP contribution in [0, 0.1) is 13.8 Å². The first kappa shape index (κ1) is 21.6. The van der Waals surface area contributed by atoms with Gasteiger partial charge in [-0.1, -0.05) is 48.2 Å². The van der Waals surface area contributed by atoms with Crippen LogP contribution in [0.3, 0.4) is 0 Å². The van der Waals surface area contributed by atoms with Gasteiger partial charge in [-0.25, -0.2) is 0 Å². The molecule has 0 atom stereocenters. The van der Waals surface area contributed by atoms with Crippen LogP contribution >= 0.6 is 11.8 Å². The molecule has 0 aliphatic carbocycles. The van der Waals surface area contributed by atoms with Crippen molar-refractivity contribution in [3.8, 4) is 22.8 Å². The zero-order valence-electron chi connectivity index (χ0n) is 18.2. The van der Waals surface area contributed by atoms with Crippen molar-refractivity contribution < 1.29 is 9.53 Å². The van der Waals surface area contributed by atoms with E-state index in [1.807, 2.05) is 91.2 Å². The van der Waals surface area contributed by atoms with Crippen LogP contribution in [0.15, 0.2) is 78.0 Å². The summed E-state index contributed by atoms with van der Waals surface area (Å²) in [5.41, 5.74) is 4.78. The summed E-state index contributed by atoms with van der Waals surface area (Å²) in [6.45, 7) is 3.98. The third-order valence-corrected chi connectivity index (χ3v) is 6.00. The number of nitrogens with one attached hydrogen (secondary N) is 1. The zero-order valence-corrected chi connectivity index (χ0v) is 19.0. The van der Waals surface area contributed by atoms with E-state index in [9.17, 15) is 4.79 Å². The van der Waals surface area contributed by atoms with Crippen molar-refractivity contribution in [3.63, 3.8) is 0 Å². The topological polar surface area (TPSA) is 69.0 Å². The Hall–Kier alpha value is -3.58. The van der Waals surface area contributed by atoms with Gasteiger partial charge in [-0.15, -0.1) is 10.2 Å². The monoisotopic (exact) mass is 444 g/mol. The Morgan fingerprint density at radius 1 is 0.938 bits per heavy atom. The van der Waals surface area contributed by atoms with Gasteiger partial charge in [0.05, 0.1) is 12.9 Å². The number of para-hydroxylation sites is 2. The molecule has 1 aromatic heterocycles. The molecule has 3 aromatic carbocycles. The number of carbonyl (C=O) groups excluding carboxylic acids is 1. The van der Waals surface area contributed by atoms with Gasteiger partial charge in [-0.2, -0.15) is 0 Å². The summed E-state index contributed by atoms with van der Waals surface area (Å²) in [7, 11) is 1.64. The molecule has 7 heteroatoms. The lowest BCUT2D eigenvalue weighted by Crippen LogP contribution is -2.16. The fourth-order valence-electron chi connectivity index (χ4n) is 3.42. The summed E-state index contributed by atoms with van der Waals surface area (Å²) in [5, 5.41) is 12.5. The first-order valence-electron chi connectivity index (χ1n) is 10.2. The van der Waals surface area contributed by atoms with Crippen LogP contribution < -0.4 is 10.1 Å². The minimum Gasteiger partial charge on any atom is -0.497 e. The van der Waals surface area contributed by atoms with Crippen molar-refractivity contribution in [2.45, 2.75) is 19.0 Å². The first-order chi connectivity index (χ1) is 15.6. The van der Waals surface area contributed by atoms with Crippen molar-refractivity contribution in [2.24, 2.45) is 0 Å². The van der Waals surface area contributed by atoms with Crippen molar-refractivity contribution in [2.75, 3.05) is 18.2 Å². The van der Waals surface area contributed by atoms with E-state index in [1.54, 1.807) is 7.11 Å². The molecule has 1 amide bonds. The molecule has 0 unspecified atom stereocenters.